The molecule has 0 radical (unpaired) electrons. The van der Waals surface area contributed by atoms with Gasteiger partial charge < -0.3 is 18.7 Å². The topological polar surface area (TPSA) is 80.3 Å². The molecule has 0 aliphatic carbocycles. The number of rotatable bonds is 22. The third kappa shape index (κ3) is 13.9. The molecule has 1 aliphatic heterocycles. The molecular formula is C43H60ClO7P. The smallest absolute Gasteiger partial charge is 0.368 e. The highest BCUT2D eigenvalue weighted by atomic mass is 35.5. The van der Waals surface area contributed by atoms with Gasteiger partial charge in [-0.25, -0.2) is 0 Å². The quantitative estimate of drug-likeness (QED) is 0.0437. The first-order valence-electron chi connectivity index (χ1n) is 19.4. The van der Waals surface area contributed by atoms with E-state index in [0.717, 1.165) is 52.8 Å². The Labute approximate surface area is 317 Å². The molecule has 0 N–H and O–H groups in total. The summed E-state index contributed by atoms with van der Waals surface area (Å²) in [5, 5.41) is 0.608. The number of benzene rings is 3. The molecule has 4 rings (SSSR count). The molecule has 0 bridgehead atoms. The summed E-state index contributed by atoms with van der Waals surface area (Å²) in [7, 11) is -3.47. The molecule has 0 amide bonds. The highest BCUT2D eigenvalue weighted by Crippen LogP contribution is 2.56. The van der Waals surface area contributed by atoms with Crippen LogP contribution >= 0.6 is 19.2 Å². The van der Waals surface area contributed by atoms with Crippen LogP contribution in [-0.4, -0.2) is 25.7 Å². The van der Waals surface area contributed by atoms with Crippen LogP contribution in [0.2, 0.25) is 5.02 Å². The third-order valence-electron chi connectivity index (χ3n) is 9.73. The number of hydrogen-bond donors (Lipinski definition) is 0. The van der Waals surface area contributed by atoms with E-state index >= 15 is 0 Å². The fourth-order valence-corrected chi connectivity index (χ4v) is 8.41. The third-order valence-corrected chi connectivity index (χ3v) is 11.6. The van der Waals surface area contributed by atoms with E-state index in [0.29, 0.717) is 30.2 Å². The van der Waals surface area contributed by atoms with Crippen LogP contribution in [0, 0.1) is 13.8 Å². The van der Waals surface area contributed by atoms with Gasteiger partial charge in [0, 0.05) is 17.9 Å². The second-order valence-electron chi connectivity index (χ2n) is 14.5. The minimum absolute atomic E-state index is 0.0834. The van der Waals surface area contributed by atoms with Crippen LogP contribution in [0.3, 0.4) is 0 Å². The van der Waals surface area contributed by atoms with Crippen molar-refractivity contribution in [3.05, 3.63) is 93.0 Å². The number of unbranched alkanes of at least 4 members (excludes halogenated alkanes) is 10. The maximum absolute atomic E-state index is 13.4. The highest BCUT2D eigenvalue weighted by Gasteiger charge is 2.35. The summed E-state index contributed by atoms with van der Waals surface area (Å²) in [6.07, 6.45) is 15.0. The second-order valence-corrected chi connectivity index (χ2v) is 16.8. The number of hydrogen-bond acceptors (Lipinski definition) is 7. The molecule has 7 nitrogen and oxygen atoms in total. The molecule has 1 fully saturated rings. The fourth-order valence-electron chi connectivity index (χ4n) is 6.71. The van der Waals surface area contributed by atoms with E-state index in [4.69, 9.17) is 34.9 Å². The molecule has 1 saturated heterocycles. The van der Waals surface area contributed by atoms with Crippen molar-refractivity contribution >= 4 is 25.2 Å². The zero-order valence-electron chi connectivity index (χ0n) is 32.1. The van der Waals surface area contributed by atoms with E-state index < -0.39 is 7.60 Å². The van der Waals surface area contributed by atoms with Crippen LogP contribution in [0.4, 0.5) is 0 Å². The number of esters is 1. The lowest BCUT2D eigenvalue weighted by Gasteiger charge is -2.30. The van der Waals surface area contributed by atoms with Gasteiger partial charge in [-0.05, 0) is 96.3 Å². The van der Waals surface area contributed by atoms with Crippen LogP contribution in [-0.2, 0) is 29.6 Å². The summed E-state index contributed by atoms with van der Waals surface area (Å²) in [5.74, 6) is 1.38. The van der Waals surface area contributed by atoms with Crippen molar-refractivity contribution in [1.29, 1.82) is 0 Å². The van der Waals surface area contributed by atoms with Gasteiger partial charge in [0.25, 0.3) is 0 Å². The monoisotopic (exact) mass is 754 g/mol. The molecule has 3 aromatic carbocycles. The Bertz CT molecular complexity index is 1580. The second kappa shape index (κ2) is 21.8. The van der Waals surface area contributed by atoms with Gasteiger partial charge in [0.1, 0.15) is 11.5 Å². The van der Waals surface area contributed by atoms with E-state index in [2.05, 4.69) is 46.8 Å². The molecule has 1 aliphatic rings. The summed E-state index contributed by atoms with van der Waals surface area (Å²) in [5.41, 5.74) is 6.45. The van der Waals surface area contributed by atoms with Crippen molar-refractivity contribution < 1.29 is 32.6 Å². The van der Waals surface area contributed by atoms with Gasteiger partial charge in [-0.1, -0.05) is 121 Å². The predicted molar refractivity (Wildman–Crippen MR) is 211 cm³/mol. The van der Waals surface area contributed by atoms with E-state index in [-0.39, 0.29) is 31.1 Å². The molecular weight excluding hydrogens is 695 g/mol. The lowest BCUT2D eigenvalue weighted by Crippen LogP contribution is -2.17. The molecule has 52 heavy (non-hydrogen) atoms. The normalized spacial score (nSPS) is 17.3. The first-order chi connectivity index (χ1) is 25.1. The van der Waals surface area contributed by atoms with Crippen LogP contribution in [0.1, 0.15) is 150 Å². The number of aryl methyl sites for hydroxylation is 2. The Kier molecular flexibility index (Phi) is 17.5. The van der Waals surface area contributed by atoms with Gasteiger partial charge in [-0.15, -0.1) is 0 Å². The summed E-state index contributed by atoms with van der Waals surface area (Å²) in [4.78, 5) is 12.3. The maximum atomic E-state index is 13.4. The van der Waals surface area contributed by atoms with Crippen molar-refractivity contribution in [2.24, 2.45) is 0 Å². The molecule has 1 heterocycles. The molecule has 9 heteroatoms. The zero-order valence-corrected chi connectivity index (χ0v) is 33.7. The first kappa shape index (κ1) is 41.9. The molecule has 3 aromatic rings. The summed E-state index contributed by atoms with van der Waals surface area (Å²) in [6, 6.07) is 17.6. The summed E-state index contributed by atoms with van der Waals surface area (Å²) >= 11 is 6.16. The van der Waals surface area contributed by atoms with Gasteiger partial charge in [0.15, 0.2) is 6.35 Å². The molecule has 0 spiro atoms. The first-order valence-corrected chi connectivity index (χ1v) is 21.5. The SMILES string of the molecule is CCCCCCCCCCCCCC(=O)OCOc1ccc(Cc2c(C)cc(OC[P@@]3(=O)OCC[C@@H](c4cccc(Cl)c4)O3)cc2C)cc1C(C)C. The van der Waals surface area contributed by atoms with Gasteiger partial charge >= 0.3 is 13.6 Å². The Hall–Kier alpha value is -2.83. The Morgan fingerprint density at radius 3 is 2.21 bits per heavy atom. The Morgan fingerprint density at radius 1 is 0.885 bits per heavy atom. The Morgan fingerprint density at radius 2 is 1.56 bits per heavy atom. The van der Waals surface area contributed by atoms with Crippen molar-refractivity contribution in [1.82, 2.24) is 0 Å². The van der Waals surface area contributed by atoms with Crippen molar-refractivity contribution in [2.75, 3.05) is 19.7 Å². The minimum atomic E-state index is -3.47. The molecule has 286 valence electrons. The lowest BCUT2D eigenvalue weighted by atomic mass is 9.93. The maximum Gasteiger partial charge on any atom is 0.368 e. The van der Waals surface area contributed by atoms with E-state index in [1.54, 1.807) is 6.07 Å². The number of carbonyl (C=O) groups is 1. The molecule has 2 atom stereocenters. The predicted octanol–water partition coefficient (Wildman–Crippen LogP) is 13.0. The van der Waals surface area contributed by atoms with Crippen LogP contribution < -0.4 is 9.47 Å². The van der Waals surface area contributed by atoms with Crippen LogP contribution in [0.5, 0.6) is 11.5 Å². The molecule has 0 saturated carbocycles. The standard InChI is InChI=1S/C43H60ClO7P/c1-6-7-8-9-10-11-12-13-14-15-16-20-43(45)48-30-47-42-22-21-35(27-39(42)32(2)3)28-40-33(4)25-38(26-34(40)5)49-31-52(46)50-24-23-41(51-52)36-18-17-19-37(44)29-36/h17-19,21-22,25-27,29,32,41H,6-16,20,23-24,28,30-31H2,1-5H3/t41-,52+/m0/s1. The lowest BCUT2D eigenvalue weighted by molar-refractivity contribution is -0.150. The van der Waals surface area contributed by atoms with Gasteiger partial charge in [0.2, 0.25) is 6.79 Å². The van der Waals surface area contributed by atoms with E-state index in [1.165, 1.54) is 63.4 Å². The fraction of sp³-hybridized carbons (Fsp3) is 0.558. The van der Waals surface area contributed by atoms with Gasteiger partial charge in [-0.3, -0.25) is 13.9 Å². The highest BCUT2D eigenvalue weighted by molar-refractivity contribution is 7.53. The largest absolute Gasteiger partial charge is 0.481 e. The van der Waals surface area contributed by atoms with Crippen molar-refractivity contribution in [3.8, 4) is 11.5 Å². The van der Waals surface area contributed by atoms with Crippen molar-refractivity contribution in [3.63, 3.8) is 0 Å². The zero-order chi connectivity index (χ0) is 37.3. The summed E-state index contributed by atoms with van der Waals surface area (Å²) < 4.78 is 42.4. The summed E-state index contributed by atoms with van der Waals surface area (Å²) in [6.45, 7) is 10.9. The number of ether oxygens (including phenoxy) is 3. The van der Waals surface area contributed by atoms with Crippen molar-refractivity contribution in [2.45, 2.75) is 137 Å². The van der Waals surface area contributed by atoms with Crippen LogP contribution in [0.15, 0.2) is 54.6 Å². The van der Waals surface area contributed by atoms with Crippen LogP contribution in [0.25, 0.3) is 0 Å². The number of carbonyl (C=O) groups excluding carboxylic acids is 1. The molecule has 0 aromatic heterocycles. The molecule has 0 unspecified atom stereocenters. The van der Waals surface area contributed by atoms with E-state index in [9.17, 15) is 9.36 Å². The van der Waals surface area contributed by atoms with Gasteiger partial charge in [-0.2, -0.15) is 0 Å². The number of halogens is 1. The average Bonchev–Trinajstić information content (AvgIpc) is 3.11. The minimum Gasteiger partial charge on any atom is -0.481 e. The average molecular weight is 755 g/mol. The van der Waals surface area contributed by atoms with Gasteiger partial charge in [0.05, 0.1) is 12.7 Å². The van der Waals surface area contributed by atoms with E-state index in [1.807, 2.05) is 36.4 Å². The Balaban J connectivity index is 1.22.